The van der Waals surface area contributed by atoms with E-state index in [-0.39, 0.29) is 24.1 Å². The van der Waals surface area contributed by atoms with E-state index in [1.807, 2.05) is 6.07 Å². The van der Waals surface area contributed by atoms with Gasteiger partial charge in [0.2, 0.25) is 10.0 Å². The number of amides is 2. The third kappa shape index (κ3) is 5.60. The minimum absolute atomic E-state index is 0.189. The molecule has 0 saturated heterocycles. The summed E-state index contributed by atoms with van der Waals surface area (Å²) in [5.41, 5.74) is 0.566. The highest BCUT2D eigenvalue weighted by atomic mass is 32.2. The molecule has 0 aliphatic rings. The molecule has 0 atom stereocenters. The van der Waals surface area contributed by atoms with Crippen molar-refractivity contribution in [1.82, 2.24) is 9.62 Å². The molecule has 0 bridgehead atoms. The minimum Gasteiger partial charge on any atom is -0.495 e. The van der Waals surface area contributed by atoms with E-state index in [4.69, 9.17) is 9.47 Å². The Morgan fingerprint density at radius 2 is 1.74 bits per heavy atom. The van der Waals surface area contributed by atoms with Crippen LogP contribution in [0.1, 0.15) is 0 Å². The third-order valence-corrected chi connectivity index (χ3v) is 5.44. The van der Waals surface area contributed by atoms with Crippen LogP contribution in [0.4, 0.5) is 10.5 Å². The Hall–Kier alpha value is -2.78. The lowest BCUT2D eigenvalue weighted by Crippen LogP contribution is -2.32. The second-order valence-electron chi connectivity index (χ2n) is 5.69. The summed E-state index contributed by atoms with van der Waals surface area (Å²) in [6.45, 7) is 0.512. The molecule has 2 amide bonds. The molecule has 27 heavy (non-hydrogen) atoms. The van der Waals surface area contributed by atoms with Crippen LogP contribution in [-0.4, -0.2) is 53.1 Å². The Kier molecular flexibility index (Phi) is 7.03. The number of hydrogen-bond acceptors (Lipinski definition) is 5. The van der Waals surface area contributed by atoms with E-state index in [0.717, 1.165) is 4.31 Å². The molecule has 8 nitrogen and oxygen atoms in total. The maximum Gasteiger partial charge on any atom is 0.319 e. The number of carbonyl (C=O) groups is 1. The van der Waals surface area contributed by atoms with Crippen LogP contribution < -0.4 is 20.1 Å². The predicted molar refractivity (Wildman–Crippen MR) is 103 cm³/mol. The van der Waals surface area contributed by atoms with Crippen LogP contribution in [0.25, 0.3) is 0 Å². The Balaban J connectivity index is 1.79. The number of methoxy groups -OCH3 is 1. The Bertz CT molecular complexity index is 867. The summed E-state index contributed by atoms with van der Waals surface area (Å²) >= 11 is 0. The van der Waals surface area contributed by atoms with Gasteiger partial charge in [0.05, 0.1) is 24.2 Å². The molecular formula is C18H23N3O5S. The maximum absolute atomic E-state index is 12.0. The number of nitrogens with zero attached hydrogens (tertiary/aromatic N) is 1. The van der Waals surface area contributed by atoms with Crippen molar-refractivity contribution in [3.8, 4) is 11.5 Å². The van der Waals surface area contributed by atoms with Gasteiger partial charge in [0.15, 0.2) is 0 Å². The monoisotopic (exact) mass is 393 g/mol. The van der Waals surface area contributed by atoms with Crippen molar-refractivity contribution in [2.24, 2.45) is 0 Å². The smallest absolute Gasteiger partial charge is 0.319 e. The summed E-state index contributed by atoms with van der Waals surface area (Å²) in [7, 11) is 1.01. The first-order valence-electron chi connectivity index (χ1n) is 8.18. The average molecular weight is 393 g/mol. The number of carbonyl (C=O) groups excluding carboxylic acids is 1. The van der Waals surface area contributed by atoms with Gasteiger partial charge in [0.25, 0.3) is 0 Å². The fourth-order valence-corrected chi connectivity index (χ4v) is 3.07. The summed E-state index contributed by atoms with van der Waals surface area (Å²) in [6, 6.07) is 12.8. The first-order valence-corrected chi connectivity index (χ1v) is 9.62. The van der Waals surface area contributed by atoms with E-state index < -0.39 is 10.0 Å². The summed E-state index contributed by atoms with van der Waals surface area (Å²) in [5.74, 6) is 1.08. The highest BCUT2D eigenvalue weighted by molar-refractivity contribution is 7.89. The number of urea groups is 1. The van der Waals surface area contributed by atoms with Crippen LogP contribution in [0.3, 0.4) is 0 Å². The Morgan fingerprint density at radius 3 is 2.37 bits per heavy atom. The number of sulfonamides is 1. The van der Waals surface area contributed by atoms with Crippen molar-refractivity contribution < 1.29 is 22.7 Å². The van der Waals surface area contributed by atoms with Crippen LogP contribution >= 0.6 is 0 Å². The average Bonchev–Trinajstić information content (AvgIpc) is 2.66. The van der Waals surface area contributed by atoms with Crippen LogP contribution in [0.5, 0.6) is 11.5 Å². The number of hydrogen-bond donors (Lipinski definition) is 2. The Morgan fingerprint density at radius 1 is 1.07 bits per heavy atom. The number of para-hydroxylation sites is 2. The lowest BCUT2D eigenvalue weighted by atomic mass is 10.3. The molecule has 0 aromatic heterocycles. The number of benzene rings is 2. The molecule has 0 spiro atoms. The number of anilines is 1. The van der Waals surface area contributed by atoms with Crippen molar-refractivity contribution in [1.29, 1.82) is 0 Å². The molecule has 9 heteroatoms. The molecular weight excluding hydrogens is 370 g/mol. The summed E-state index contributed by atoms with van der Waals surface area (Å²) in [6.07, 6.45) is 0. The molecule has 0 fully saturated rings. The topological polar surface area (TPSA) is 97.0 Å². The number of nitrogens with one attached hydrogen (secondary N) is 2. The van der Waals surface area contributed by atoms with Gasteiger partial charge in [-0.15, -0.1) is 0 Å². The molecule has 0 heterocycles. The molecule has 2 aromatic rings. The van der Waals surface area contributed by atoms with Crippen molar-refractivity contribution in [2.75, 3.05) is 39.7 Å². The van der Waals surface area contributed by atoms with Gasteiger partial charge in [-0.1, -0.05) is 12.1 Å². The van der Waals surface area contributed by atoms with E-state index in [2.05, 4.69) is 10.6 Å². The fraction of sp³-hybridized carbons (Fsp3) is 0.278. The Labute approximate surface area is 159 Å². The van der Waals surface area contributed by atoms with Crippen LogP contribution in [0.2, 0.25) is 0 Å². The fourth-order valence-electron chi connectivity index (χ4n) is 2.17. The van der Waals surface area contributed by atoms with Crippen molar-refractivity contribution in [2.45, 2.75) is 4.90 Å². The van der Waals surface area contributed by atoms with E-state index in [1.165, 1.54) is 33.3 Å². The van der Waals surface area contributed by atoms with E-state index in [1.54, 1.807) is 30.3 Å². The van der Waals surface area contributed by atoms with Crippen molar-refractivity contribution in [3.63, 3.8) is 0 Å². The van der Waals surface area contributed by atoms with Crippen molar-refractivity contribution in [3.05, 3.63) is 48.5 Å². The van der Waals surface area contributed by atoms with Crippen molar-refractivity contribution >= 4 is 21.7 Å². The summed E-state index contributed by atoms with van der Waals surface area (Å²) in [4.78, 5) is 12.1. The molecule has 0 saturated carbocycles. The lowest BCUT2D eigenvalue weighted by molar-refractivity contribution is 0.247. The number of ether oxygens (including phenoxy) is 2. The van der Waals surface area contributed by atoms with E-state index in [0.29, 0.717) is 17.2 Å². The van der Waals surface area contributed by atoms with Gasteiger partial charge in [-0.2, -0.15) is 0 Å². The quantitative estimate of drug-likeness (QED) is 0.670. The zero-order chi connectivity index (χ0) is 19.9. The zero-order valence-electron chi connectivity index (χ0n) is 15.4. The van der Waals surface area contributed by atoms with Crippen LogP contribution in [-0.2, 0) is 10.0 Å². The molecule has 2 aromatic carbocycles. The molecule has 2 N–H and O–H groups in total. The molecule has 0 unspecified atom stereocenters. The maximum atomic E-state index is 12.0. The molecule has 0 radical (unpaired) electrons. The molecule has 2 rings (SSSR count). The van der Waals surface area contributed by atoms with Gasteiger partial charge in [-0.3, -0.25) is 0 Å². The van der Waals surface area contributed by atoms with Gasteiger partial charge >= 0.3 is 6.03 Å². The third-order valence-electron chi connectivity index (χ3n) is 3.61. The molecule has 0 aliphatic carbocycles. The van der Waals surface area contributed by atoms with Gasteiger partial charge < -0.3 is 20.1 Å². The van der Waals surface area contributed by atoms with Gasteiger partial charge in [-0.05, 0) is 36.4 Å². The first kappa shape index (κ1) is 20.5. The predicted octanol–water partition coefficient (Wildman–Crippen LogP) is 2.15. The van der Waals surface area contributed by atoms with Gasteiger partial charge in [-0.25, -0.2) is 17.5 Å². The highest BCUT2D eigenvalue weighted by Gasteiger charge is 2.16. The highest BCUT2D eigenvalue weighted by Crippen LogP contribution is 2.22. The largest absolute Gasteiger partial charge is 0.495 e. The zero-order valence-corrected chi connectivity index (χ0v) is 16.2. The minimum atomic E-state index is -3.46. The second-order valence-corrected chi connectivity index (χ2v) is 7.84. The van der Waals surface area contributed by atoms with E-state index >= 15 is 0 Å². The van der Waals surface area contributed by atoms with Gasteiger partial charge in [0, 0.05) is 14.1 Å². The second kappa shape index (κ2) is 9.24. The normalized spacial score (nSPS) is 11.1. The van der Waals surface area contributed by atoms with Crippen LogP contribution in [0, 0.1) is 0 Å². The standard InChI is InChI=1S/C18H23N3O5S/c1-21(2)27(23,24)15-10-8-14(9-11-15)26-13-12-19-18(22)20-16-6-4-5-7-17(16)25-3/h4-11H,12-13H2,1-3H3,(H2,19,20,22). The lowest BCUT2D eigenvalue weighted by Gasteiger charge is -2.13. The van der Waals surface area contributed by atoms with Crippen LogP contribution in [0.15, 0.2) is 53.4 Å². The SMILES string of the molecule is COc1ccccc1NC(=O)NCCOc1ccc(S(=O)(=O)N(C)C)cc1. The van der Waals surface area contributed by atoms with Gasteiger partial charge in [0.1, 0.15) is 18.1 Å². The van der Waals surface area contributed by atoms with E-state index in [9.17, 15) is 13.2 Å². The summed E-state index contributed by atoms with van der Waals surface area (Å²) in [5, 5.41) is 5.36. The first-order chi connectivity index (χ1) is 12.8. The molecule has 146 valence electrons. The summed E-state index contributed by atoms with van der Waals surface area (Å²) < 4.78 is 35.8. The number of rotatable bonds is 8. The molecule has 0 aliphatic heterocycles.